The molecule has 1 aliphatic carbocycles. The van der Waals surface area contributed by atoms with Crippen molar-refractivity contribution in [1.29, 1.82) is 0 Å². The summed E-state index contributed by atoms with van der Waals surface area (Å²) < 4.78 is 17.8. The Morgan fingerprint density at radius 2 is 1.92 bits per heavy atom. The van der Waals surface area contributed by atoms with Crippen LogP contribution in [0.1, 0.15) is 76.1 Å². The second-order valence-corrected chi connectivity index (χ2v) is 12.3. The molecule has 5 rings (SSSR count). The van der Waals surface area contributed by atoms with Gasteiger partial charge >= 0.3 is 0 Å². The zero-order chi connectivity index (χ0) is 26.9. The molecule has 1 spiro atoms. The predicted molar refractivity (Wildman–Crippen MR) is 145 cm³/mol. The third-order valence-corrected chi connectivity index (χ3v) is 7.69. The van der Waals surface area contributed by atoms with E-state index in [-0.39, 0.29) is 23.0 Å². The lowest BCUT2D eigenvalue weighted by atomic mass is 9.73. The Hall–Kier alpha value is -2.84. The Bertz CT molecular complexity index is 1160. The summed E-state index contributed by atoms with van der Waals surface area (Å²) in [5, 5.41) is 17.8. The third-order valence-electron chi connectivity index (χ3n) is 7.69. The minimum absolute atomic E-state index is 0.0217. The molecule has 1 amide bonds. The molecule has 0 bridgehead atoms. The van der Waals surface area contributed by atoms with Crippen LogP contribution in [0.2, 0.25) is 0 Å². The summed E-state index contributed by atoms with van der Waals surface area (Å²) >= 11 is 0. The maximum absolute atomic E-state index is 12.0. The van der Waals surface area contributed by atoms with Gasteiger partial charge in [-0.2, -0.15) is 0 Å². The topological polar surface area (TPSA) is 102 Å². The van der Waals surface area contributed by atoms with E-state index >= 15 is 0 Å². The van der Waals surface area contributed by atoms with E-state index in [0.29, 0.717) is 37.8 Å². The molecule has 3 atom stereocenters. The first-order valence-electron chi connectivity index (χ1n) is 13.8. The highest BCUT2D eigenvalue weighted by atomic mass is 16.6. The number of nitrogens with zero attached hydrogens (tertiary/aromatic N) is 1. The molecule has 1 aromatic carbocycles. The molecular weight excluding hydrogens is 482 g/mol. The monoisotopic (exact) mass is 523 g/mol. The van der Waals surface area contributed by atoms with Crippen molar-refractivity contribution in [2.45, 2.75) is 90.0 Å². The minimum Gasteiger partial charge on any atom is -0.486 e. The highest BCUT2D eigenvalue weighted by Crippen LogP contribution is 2.48. The molecule has 1 aromatic heterocycles. The first kappa shape index (κ1) is 26.8. The molecule has 1 fully saturated rings. The highest BCUT2D eigenvalue weighted by molar-refractivity contribution is 5.73. The molecule has 2 aliphatic heterocycles. The van der Waals surface area contributed by atoms with Crippen molar-refractivity contribution in [2.75, 3.05) is 19.8 Å². The molecule has 3 aliphatic rings. The Kier molecular flexibility index (Phi) is 7.56. The van der Waals surface area contributed by atoms with Crippen molar-refractivity contribution in [1.82, 2.24) is 15.6 Å². The van der Waals surface area contributed by atoms with Crippen molar-refractivity contribution in [3.8, 4) is 17.4 Å². The van der Waals surface area contributed by atoms with Gasteiger partial charge in [0.25, 0.3) is 0 Å². The average Bonchev–Trinajstić information content (AvgIpc) is 2.84. The predicted octanol–water partition coefficient (Wildman–Crippen LogP) is 3.89. The number of ether oxygens (including phenoxy) is 3. The Balaban J connectivity index is 1.31. The molecule has 206 valence electrons. The van der Waals surface area contributed by atoms with Crippen molar-refractivity contribution < 1.29 is 24.1 Å². The number of benzene rings is 1. The molecule has 3 N–H and O–H groups in total. The van der Waals surface area contributed by atoms with Gasteiger partial charge < -0.3 is 30.0 Å². The van der Waals surface area contributed by atoms with Crippen LogP contribution >= 0.6 is 0 Å². The SMILES string of the molecule is CC(=O)N[C@@H](Cc1ccc2c(c1)OCCO2)[C@H](O)CN[C@H]1CC2(CCC2)Oc2ncc(CC(C)(C)C)cc21. The van der Waals surface area contributed by atoms with Crippen LogP contribution in [0.5, 0.6) is 17.4 Å². The van der Waals surface area contributed by atoms with E-state index in [1.54, 1.807) is 0 Å². The molecule has 1 saturated carbocycles. The first-order chi connectivity index (χ1) is 18.1. The fraction of sp³-hybridized carbons (Fsp3) is 0.600. The van der Waals surface area contributed by atoms with Crippen LogP contribution in [0.3, 0.4) is 0 Å². The lowest BCUT2D eigenvalue weighted by Crippen LogP contribution is -2.52. The minimum atomic E-state index is -0.790. The molecule has 2 aromatic rings. The number of fused-ring (bicyclic) bond motifs is 2. The van der Waals surface area contributed by atoms with Crippen LogP contribution < -0.4 is 24.8 Å². The molecule has 0 radical (unpaired) electrons. The molecule has 0 saturated heterocycles. The molecule has 0 unspecified atom stereocenters. The molecular formula is C30H41N3O5. The molecule has 8 heteroatoms. The van der Waals surface area contributed by atoms with Crippen LogP contribution in [0.25, 0.3) is 0 Å². The maximum Gasteiger partial charge on any atom is 0.218 e. The van der Waals surface area contributed by atoms with Gasteiger partial charge in [-0.05, 0) is 66.8 Å². The summed E-state index contributed by atoms with van der Waals surface area (Å²) in [5.74, 6) is 1.95. The summed E-state index contributed by atoms with van der Waals surface area (Å²) in [7, 11) is 0. The second kappa shape index (κ2) is 10.7. The lowest BCUT2D eigenvalue weighted by molar-refractivity contribution is -0.120. The van der Waals surface area contributed by atoms with Gasteiger partial charge in [0, 0.05) is 37.7 Å². The maximum atomic E-state index is 12.0. The van der Waals surface area contributed by atoms with Crippen molar-refractivity contribution >= 4 is 5.91 Å². The average molecular weight is 524 g/mol. The van der Waals surface area contributed by atoms with Crippen LogP contribution in [0, 0.1) is 5.41 Å². The quantitative estimate of drug-likeness (QED) is 0.483. The summed E-state index contributed by atoms with van der Waals surface area (Å²) in [6, 6.07) is 7.56. The number of amides is 1. The standard InChI is InChI=1S/C30H41N3O5/c1-19(34)33-23(13-20-6-7-26-27(14-20)37-11-10-36-26)25(35)18-31-24-16-30(8-5-9-30)38-28-22(24)12-21(17-32-28)15-29(2,3)4/h6-7,12,14,17,23-25,31,35H,5,8-11,13,15-16,18H2,1-4H3,(H,33,34)/t23-,24-,25+/m0/s1. The van der Waals surface area contributed by atoms with Gasteiger partial charge in [-0.1, -0.05) is 26.8 Å². The van der Waals surface area contributed by atoms with E-state index in [1.165, 1.54) is 12.5 Å². The number of nitrogens with one attached hydrogen (secondary N) is 2. The summed E-state index contributed by atoms with van der Waals surface area (Å²) in [6.45, 7) is 9.54. The number of rotatable bonds is 8. The zero-order valence-electron chi connectivity index (χ0n) is 23.0. The van der Waals surface area contributed by atoms with Gasteiger partial charge in [-0.3, -0.25) is 4.79 Å². The normalized spacial score (nSPS) is 21.0. The fourth-order valence-electron chi connectivity index (χ4n) is 5.77. The Morgan fingerprint density at radius 1 is 1.16 bits per heavy atom. The molecule has 8 nitrogen and oxygen atoms in total. The lowest BCUT2D eigenvalue weighted by Gasteiger charge is -2.47. The van der Waals surface area contributed by atoms with E-state index in [1.807, 2.05) is 24.4 Å². The van der Waals surface area contributed by atoms with Crippen LogP contribution in [-0.4, -0.2) is 53.5 Å². The van der Waals surface area contributed by atoms with Gasteiger partial charge in [0.15, 0.2) is 11.5 Å². The van der Waals surface area contributed by atoms with Gasteiger partial charge in [0.1, 0.15) is 18.8 Å². The summed E-state index contributed by atoms with van der Waals surface area (Å²) in [6.07, 6.45) is 6.61. The number of pyridine rings is 1. The van der Waals surface area contributed by atoms with Crippen molar-refractivity contribution in [3.63, 3.8) is 0 Å². The number of aliphatic hydroxyl groups is 1. The first-order valence-corrected chi connectivity index (χ1v) is 13.8. The van der Waals surface area contributed by atoms with Crippen LogP contribution in [0.4, 0.5) is 0 Å². The van der Waals surface area contributed by atoms with Crippen molar-refractivity contribution in [3.05, 3.63) is 47.2 Å². The van der Waals surface area contributed by atoms with Crippen molar-refractivity contribution in [2.24, 2.45) is 5.41 Å². The molecule has 38 heavy (non-hydrogen) atoms. The van der Waals surface area contributed by atoms with E-state index in [2.05, 4.69) is 37.5 Å². The number of aliphatic hydroxyl groups excluding tert-OH is 1. The van der Waals surface area contributed by atoms with E-state index in [0.717, 1.165) is 49.0 Å². The Labute approximate surface area is 225 Å². The van der Waals surface area contributed by atoms with Gasteiger partial charge in [-0.25, -0.2) is 4.98 Å². The van der Waals surface area contributed by atoms with E-state index in [9.17, 15) is 9.90 Å². The van der Waals surface area contributed by atoms with Gasteiger partial charge in [0.05, 0.1) is 12.1 Å². The zero-order valence-corrected chi connectivity index (χ0v) is 23.0. The highest BCUT2D eigenvalue weighted by Gasteiger charge is 2.46. The fourth-order valence-corrected chi connectivity index (χ4v) is 5.77. The second-order valence-electron chi connectivity index (χ2n) is 12.3. The number of aromatic nitrogens is 1. The Morgan fingerprint density at radius 3 is 2.61 bits per heavy atom. The number of hydrogen-bond acceptors (Lipinski definition) is 7. The van der Waals surface area contributed by atoms with Gasteiger partial charge in [0.2, 0.25) is 11.8 Å². The summed E-state index contributed by atoms with van der Waals surface area (Å²) in [5.41, 5.74) is 3.19. The number of carbonyl (C=O) groups excluding carboxylic acids is 1. The third kappa shape index (κ3) is 6.24. The summed E-state index contributed by atoms with van der Waals surface area (Å²) in [4.78, 5) is 16.7. The van der Waals surface area contributed by atoms with E-state index < -0.39 is 12.1 Å². The number of carbonyl (C=O) groups is 1. The largest absolute Gasteiger partial charge is 0.486 e. The van der Waals surface area contributed by atoms with Crippen LogP contribution in [0.15, 0.2) is 30.5 Å². The van der Waals surface area contributed by atoms with E-state index in [4.69, 9.17) is 19.2 Å². The van der Waals surface area contributed by atoms with Gasteiger partial charge in [-0.15, -0.1) is 0 Å². The smallest absolute Gasteiger partial charge is 0.218 e. The molecule has 3 heterocycles. The van der Waals surface area contributed by atoms with Crippen LogP contribution in [-0.2, 0) is 17.6 Å². The number of hydrogen-bond donors (Lipinski definition) is 3.